The van der Waals surface area contributed by atoms with Gasteiger partial charge >= 0.3 is 5.97 Å². The maximum atomic E-state index is 11.1. The Morgan fingerprint density at radius 2 is 2.26 bits per heavy atom. The van der Waals surface area contributed by atoms with E-state index in [0.717, 1.165) is 13.0 Å². The third kappa shape index (κ3) is 2.16. The number of ether oxygens (including phenoxy) is 1. The smallest absolute Gasteiger partial charge is 0.308 e. The third-order valence-electron chi connectivity index (χ3n) is 4.77. The summed E-state index contributed by atoms with van der Waals surface area (Å²) >= 11 is 0. The minimum absolute atomic E-state index is 0.237. The molecule has 19 heavy (non-hydrogen) atoms. The molecule has 1 heterocycles. The molecule has 1 aromatic carbocycles. The Morgan fingerprint density at radius 3 is 3.00 bits per heavy atom. The molecule has 2 aliphatic rings. The van der Waals surface area contributed by atoms with Gasteiger partial charge in [-0.2, -0.15) is 0 Å². The van der Waals surface area contributed by atoms with Crippen molar-refractivity contribution in [2.45, 2.75) is 44.6 Å². The van der Waals surface area contributed by atoms with E-state index in [-0.39, 0.29) is 11.4 Å². The molecule has 0 amide bonds. The molecule has 1 saturated heterocycles. The van der Waals surface area contributed by atoms with Gasteiger partial charge in [-0.1, -0.05) is 13.0 Å². The maximum absolute atomic E-state index is 11.1. The molecule has 0 N–H and O–H groups in total. The summed E-state index contributed by atoms with van der Waals surface area (Å²) in [6.45, 7) is 4.95. The van der Waals surface area contributed by atoms with Crippen LogP contribution in [0.3, 0.4) is 0 Å². The highest BCUT2D eigenvalue weighted by Crippen LogP contribution is 2.45. The quantitative estimate of drug-likeness (QED) is 0.573. The second-order valence-corrected chi connectivity index (χ2v) is 6.27. The number of hydrogen-bond acceptors (Lipinski definition) is 3. The number of rotatable bonds is 1. The molecule has 2 atom stereocenters. The first-order chi connectivity index (χ1) is 8.98. The van der Waals surface area contributed by atoms with Crippen LogP contribution in [0, 0.1) is 0 Å². The van der Waals surface area contributed by atoms with Crippen LogP contribution < -0.4 is 4.74 Å². The van der Waals surface area contributed by atoms with E-state index in [1.165, 1.54) is 30.9 Å². The Bertz CT molecular complexity index is 525. The van der Waals surface area contributed by atoms with E-state index in [1.807, 2.05) is 6.07 Å². The number of carbonyl (C=O) groups is 1. The lowest BCUT2D eigenvalue weighted by Gasteiger charge is -2.48. The molecule has 1 fully saturated rings. The summed E-state index contributed by atoms with van der Waals surface area (Å²) in [4.78, 5) is 13.6. The first-order valence-electron chi connectivity index (χ1n) is 7.00. The molecule has 3 rings (SSSR count). The van der Waals surface area contributed by atoms with Gasteiger partial charge in [0.15, 0.2) is 0 Å². The van der Waals surface area contributed by atoms with Crippen LogP contribution in [0.5, 0.6) is 5.75 Å². The molecule has 1 aliphatic heterocycles. The SMILES string of the molecule is CC(=O)Oc1ccc2c(c1)[C@@]1(C)CCN(C)C(C2)C1. The molecule has 0 spiro atoms. The van der Waals surface area contributed by atoms with Crippen LogP contribution in [0.4, 0.5) is 0 Å². The number of hydrogen-bond donors (Lipinski definition) is 0. The number of nitrogens with zero attached hydrogens (tertiary/aromatic N) is 1. The van der Waals surface area contributed by atoms with E-state index < -0.39 is 0 Å². The second-order valence-electron chi connectivity index (χ2n) is 6.27. The minimum atomic E-state index is -0.248. The summed E-state index contributed by atoms with van der Waals surface area (Å²) < 4.78 is 5.23. The van der Waals surface area contributed by atoms with Crippen molar-refractivity contribution in [3.8, 4) is 5.75 Å². The molecule has 0 saturated carbocycles. The number of fused-ring (bicyclic) bond motifs is 4. The van der Waals surface area contributed by atoms with Crippen LogP contribution in [-0.2, 0) is 16.6 Å². The van der Waals surface area contributed by atoms with E-state index in [1.54, 1.807) is 0 Å². The largest absolute Gasteiger partial charge is 0.427 e. The molecule has 1 aliphatic carbocycles. The Kier molecular flexibility index (Phi) is 2.90. The molecule has 1 aromatic rings. The van der Waals surface area contributed by atoms with Crippen molar-refractivity contribution in [3.63, 3.8) is 0 Å². The number of piperidine rings is 1. The highest BCUT2D eigenvalue weighted by atomic mass is 16.5. The van der Waals surface area contributed by atoms with Crippen molar-refractivity contribution >= 4 is 5.97 Å². The molecular weight excluding hydrogens is 238 g/mol. The van der Waals surface area contributed by atoms with Crippen LogP contribution in [0.2, 0.25) is 0 Å². The lowest BCUT2D eigenvalue weighted by Crippen LogP contribution is -2.50. The van der Waals surface area contributed by atoms with E-state index in [4.69, 9.17) is 4.74 Å². The first-order valence-corrected chi connectivity index (χ1v) is 7.00. The van der Waals surface area contributed by atoms with Gasteiger partial charge in [0.05, 0.1) is 0 Å². The fourth-order valence-corrected chi connectivity index (χ4v) is 3.63. The summed E-state index contributed by atoms with van der Waals surface area (Å²) in [6, 6.07) is 6.80. The number of esters is 1. The van der Waals surface area contributed by atoms with E-state index >= 15 is 0 Å². The standard InChI is InChI=1S/C16H21NO2/c1-11(18)19-14-5-4-12-8-13-10-16(2,15(12)9-14)6-7-17(13)3/h4-5,9,13H,6-8,10H2,1-3H3/t13?,16-/m0/s1. The van der Waals surface area contributed by atoms with E-state index in [2.05, 4.69) is 31.0 Å². The molecule has 0 radical (unpaired) electrons. The van der Waals surface area contributed by atoms with Gasteiger partial charge in [-0.05, 0) is 61.5 Å². The fourth-order valence-electron chi connectivity index (χ4n) is 3.63. The number of likely N-dealkylation sites (N-methyl/N-ethyl adjacent to an activating group) is 1. The summed E-state index contributed by atoms with van der Waals surface area (Å²) in [5.74, 6) is 0.437. The van der Waals surface area contributed by atoms with E-state index in [0.29, 0.717) is 11.8 Å². The van der Waals surface area contributed by atoms with Gasteiger partial charge in [0.2, 0.25) is 0 Å². The minimum Gasteiger partial charge on any atom is -0.427 e. The second kappa shape index (κ2) is 4.34. The number of carbonyl (C=O) groups excluding carboxylic acids is 1. The Hall–Kier alpha value is -1.35. The molecule has 3 nitrogen and oxygen atoms in total. The molecule has 102 valence electrons. The topological polar surface area (TPSA) is 29.5 Å². The van der Waals surface area contributed by atoms with Gasteiger partial charge in [-0.25, -0.2) is 0 Å². The highest BCUT2D eigenvalue weighted by molar-refractivity contribution is 5.69. The Morgan fingerprint density at radius 1 is 1.47 bits per heavy atom. The molecule has 0 aromatic heterocycles. The van der Waals surface area contributed by atoms with Gasteiger partial charge < -0.3 is 9.64 Å². The van der Waals surface area contributed by atoms with Crippen molar-refractivity contribution in [3.05, 3.63) is 29.3 Å². The first kappa shape index (κ1) is 12.7. The van der Waals surface area contributed by atoms with Crippen LogP contribution in [-0.4, -0.2) is 30.5 Å². The summed E-state index contributed by atoms with van der Waals surface area (Å²) in [7, 11) is 2.22. The zero-order valence-corrected chi connectivity index (χ0v) is 11.9. The van der Waals surface area contributed by atoms with Crippen LogP contribution in [0.15, 0.2) is 18.2 Å². The van der Waals surface area contributed by atoms with Crippen LogP contribution in [0.1, 0.15) is 37.8 Å². The normalized spacial score (nSPS) is 29.7. The van der Waals surface area contributed by atoms with E-state index in [9.17, 15) is 4.79 Å². The summed E-state index contributed by atoms with van der Waals surface area (Å²) in [5, 5.41) is 0. The predicted octanol–water partition coefficient (Wildman–Crippen LogP) is 2.52. The summed E-state index contributed by atoms with van der Waals surface area (Å²) in [5.41, 5.74) is 3.04. The van der Waals surface area contributed by atoms with Gasteiger partial charge in [0, 0.05) is 13.0 Å². The van der Waals surface area contributed by atoms with Gasteiger partial charge in [-0.15, -0.1) is 0 Å². The van der Waals surface area contributed by atoms with Crippen molar-refractivity contribution in [1.82, 2.24) is 4.90 Å². The Balaban J connectivity index is 2.00. The number of benzene rings is 1. The van der Waals surface area contributed by atoms with Crippen molar-refractivity contribution < 1.29 is 9.53 Å². The molecule has 1 unspecified atom stereocenters. The van der Waals surface area contributed by atoms with Gasteiger partial charge in [0.1, 0.15) is 5.75 Å². The fraction of sp³-hybridized carbons (Fsp3) is 0.562. The predicted molar refractivity (Wildman–Crippen MR) is 74.5 cm³/mol. The zero-order valence-electron chi connectivity index (χ0n) is 11.9. The lowest BCUT2D eigenvalue weighted by atomic mass is 9.65. The van der Waals surface area contributed by atoms with Crippen molar-refractivity contribution in [2.24, 2.45) is 0 Å². The van der Waals surface area contributed by atoms with Gasteiger partial charge in [0.25, 0.3) is 0 Å². The molecule has 2 bridgehead atoms. The summed E-state index contributed by atoms with van der Waals surface area (Å²) in [6.07, 6.45) is 3.50. The monoisotopic (exact) mass is 259 g/mol. The average molecular weight is 259 g/mol. The zero-order chi connectivity index (χ0) is 13.6. The molecular formula is C16H21NO2. The van der Waals surface area contributed by atoms with Crippen molar-refractivity contribution in [1.29, 1.82) is 0 Å². The third-order valence-corrected chi connectivity index (χ3v) is 4.77. The lowest BCUT2D eigenvalue weighted by molar-refractivity contribution is -0.131. The number of likely N-dealkylation sites (tertiary alicyclic amines) is 1. The van der Waals surface area contributed by atoms with Crippen molar-refractivity contribution in [2.75, 3.05) is 13.6 Å². The van der Waals surface area contributed by atoms with Gasteiger partial charge in [-0.3, -0.25) is 4.79 Å². The average Bonchev–Trinajstić information content (AvgIpc) is 2.35. The Labute approximate surface area is 114 Å². The molecule has 3 heteroatoms. The van der Waals surface area contributed by atoms with Crippen LogP contribution in [0.25, 0.3) is 0 Å². The van der Waals surface area contributed by atoms with Crippen LogP contribution >= 0.6 is 0 Å². The highest BCUT2D eigenvalue weighted by Gasteiger charge is 2.41. The maximum Gasteiger partial charge on any atom is 0.308 e.